The summed E-state index contributed by atoms with van der Waals surface area (Å²) in [6.07, 6.45) is -0.530. The van der Waals surface area contributed by atoms with Gasteiger partial charge in [0, 0.05) is 24.1 Å². The first-order valence-corrected chi connectivity index (χ1v) is 7.90. The van der Waals surface area contributed by atoms with E-state index in [1.165, 1.54) is 6.92 Å². The van der Waals surface area contributed by atoms with Gasteiger partial charge < -0.3 is 9.15 Å². The highest BCUT2D eigenvalue weighted by Gasteiger charge is 2.12. The van der Waals surface area contributed by atoms with Gasteiger partial charge in [0.2, 0.25) is 0 Å². The maximum Gasteiger partial charge on any atom is 0.336 e. The summed E-state index contributed by atoms with van der Waals surface area (Å²) in [6.45, 7) is 9.87. The van der Waals surface area contributed by atoms with Crippen LogP contribution in [0, 0.1) is 0 Å². The molecule has 124 valence electrons. The first-order valence-electron chi connectivity index (χ1n) is 7.90. The van der Waals surface area contributed by atoms with Crippen LogP contribution < -0.4 is 10.4 Å². The number of Topliss-reactive ketones (excluding diaryl/α,β-unsaturated/α-hetero) is 1. The van der Waals surface area contributed by atoms with E-state index in [0.29, 0.717) is 17.9 Å². The molecule has 2 aromatic rings. The van der Waals surface area contributed by atoms with Crippen LogP contribution in [0.1, 0.15) is 33.3 Å². The smallest absolute Gasteiger partial charge is 0.336 e. The molecule has 23 heavy (non-hydrogen) atoms. The molecule has 0 bridgehead atoms. The molecule has 1 atom stereocenters. The van der Waals surface area contributed by atoms with Crippen molar-refractivity contribution < 1.29 is 13.9 Å². The summed E-state index contributed by atoms with van der Waals surface area (Å²) < 4.78 is 10.9. The molecule has 5 heteroatoms. The van der Waals surface area contributed by atoms with Crippen molar-refractivity contribution in [3.05, 3.63) is 40.2 Å². The Morgan fingerprint density at radius 1 is 1.26 bits per heavy atom. The zero-order valence-corrected chi connectivity index (χ0v) is 14.1. The fraction of sp³-hybridized carbons (Fsp3) is 0.444. The van der Waals surface area contributed by atoms with Crippen LogP contribution in [-0.4, -0.2) is 29.9 Å². The van der Waals surface area contributed by atoms with Crippen molar-refractivity contribution in [2.24, 2.45) is 0 Å². The SMILES string of the molecule is CCN(CC)Cc1cc(=O)oc2cc(OC(C)C(C)=O)ccc12. The molecule has 0 saturated carbocycles. The Balaban J connectivity index is 2.40. The van der Waals surface area contributed by atoms with Gasteiger partial charge in [0.15, 0.2) is 11.9 Å². The standard InChI is InChI=1S/C18H23NO4/c1-5-19(6-2)11-14-9-18(21)23-17-10-15(7-8-16(14)17)22-13(4)12(3)20/h7-10,13H,5-6,11H2,1-4H3. The van der Waals surface area contributed by atoms with Crippen LogP contribution in [0.15, 0.2) is 33.5 Å². The van der Waals surface area contributed by atoms with Gasteiger partial charge in [-0.1, -0.05) is 13.8 Å². The molecule has 0 aliphatic rings. The molecule has 0 radical (unpaired) electrons. The summed E-state index contributed by atoms with van der Waals surface area (Å²) in [5, 5.41) is 0.888. The first kappa shape index (κ1) is 17.2. The van der Waals surface area contributed by atoms with Gasteiger partial charge in [0.25, 0.3) is 0 Å². The Morgan fingerprint density at radius 3 is 2.57 bits per heavy atom. The van der Waals surface area contributed by atoms with Crippen LogP contribution in [-0.2, 0) is 11.3 Å². The lowest BCUT2D eigenvalue weighted by molar-refractivity contribution is -0.122. The van der Waals surface area contributed by atoms with Crippen LogP contribution >= 0.6 is 0 Å². The van der Waals surface area contributed by atoms with Crippen LogP contribution in [0.2, 0.25) is 0 Å². The molecule has 0 saturated heterocycles. The van der Waals surface area contributed by atoms with Gasteiger partial charge in [-0.3, -0.25) is 9.69 Å². The number of hydrogen-bond acceptors (Lipinski definition) is 5. The Morgan fingerprint density at radius 2 is 1.96 bits per heavy atom. The Kier molecular flexibility index (Phi) is 5.55. The average molecular weight is 317 g/mol. The largest absolute Gasteiger partial charge is 0.483 e. The van der Waals surface area contributed by atoms with Crippen LogP contribution in [0.5, 0.6) is 5.75 Å². The van der Waals surface area contributed by atoms with Gasteiger partial charge in [-0.25, -0.2) is 4.79 Å². The minimum atomic E-state index is -0.530. The Labute approximate surface area is 135 Å². The van der Waals surface area contributed by atoms with Gasteiger partial charge >= 0.3 is 5.63 Å². The van der Waals surface area contributed by atoms with Crippen molar-refractivity contribution in [2.45, 2.75) is 40.3 Å². The van der Waals surface area contributed by atoms with Crippen molar-refractivity contribution in [1.82, 2.24) is 4.90 Å². The molecule has 0 aliphatic heterocycles. The quantitative estimate of drug-likeness (QED) is 0.735. The summed E-state index contributed by atoms with van der Waals surface area (Å²) in [7, 11) is 0. The summed E-state index contributed by atoms with van der Waals surface area (Å²) in [5.74, 6) is 0.463. The van der Waals surface area contributed by atoms with E-state index in [4.69, 9.17) is 9.15 Å². The minimum absolute atomic E-state index is 0.0539. The lowest BCUT2D eigenvalue weighted by atomic mass is 10.1. The molecule has 0 amide bonds. The van der Waals surface area contributed by atoms with Crippen molar-refractivity contribution in [3.63, 3.8) is 0 Å². The number of rotatable bonds is 7. The third-order valence-electron chi connectivity index (χ3n) is 3.98. The number of benzene rings is 1. The molecule has 1 aromatic heterocycles. The lowest BCUT2D eigenvalue weighted by Crippen LogP contribution is -2.23. The van der Waals surface area contributed by atoms with E-state index < -0.39 is 6.10 Å². The van der Waals surface area contributed by atoms with Gasteiger partial charge in [-0.2, -0.15) is 0 Å². The van der Waals surface area contributed by atoms with Crippen molar-refractivity contribution in [2.75, 3.05) is 13.1 Å². The molecular formula is C18H23NO4. The van der Waals surface area contributed by atoms with Crippen molar-refractivity contribution >= 4 is 16.8 Å². The number of carbonyl (C=O) groups is 1. The van der Waals surface area contributed by atoms with Gasteiger partial charge in [-0.05, 0) is 44.6 Å². The molecule has 0 N–H and O–H groups in total. The minimum Gasteiger partial charge on any atom is -0.483 e. The summed E-state index contributed by atoms with van der Waals surface area (Å²) in [4.78, 5) is 25.4. The fourth-order valence-electron chi connectivity index (χ4n) is 2.39. The summed E-state index contributed by atoms with van der Waals surface area (Å²) in [5.41, 5.74) is 1.04. The predicted molar refractivity (Wildman–Crippen MR) is 89.9 cm³/mol. The third-order valence-corrected chi connectivity index (χ3v) is 3.98. The monoisotopic (exact) mass is 317 g/mol. The molecule has 1 unspecified atom stereocenters. The third kappa shape index (κ3) is 4.20. The molecule has 1 heterocycles. The molecule has 0 spiro atoms. The highest BCUT2D eigenvalue weighted by Crippen LogP contribution is 2.24. The highest BCUT2D eigenvalue weighted by molar-refractivity contribution is 5.82. The first-order chi connectivity index (χ1) is 10.9. The molecule has 5 nitrogen and oxygen atoms in total. The molecular weight excluding hydrogens is 294 g/mol. The van der Waals surface area contributed by atoms with E-state index in [0.717, 1.165) is 24.0 Å². The second kappa shape index (κ2) is 7.42. The number of fused-ring (bicyclic) bond motifs is 1. The molecule has 1 aromatic carbocycles. The van der Waals surface area contributed by atoms with Crippen LogP contribution in [0.3, 0.4) is 0 Å². The Hall–Kier alpha value is -2.14. The van der Waals surface area contributed by atoms with Gasteiger partial charge in [-0.15, -0.1) is 0 Å². The van der Waals surface area contributed by atoms with E-state index in [-0.39, 0.29) is 11.4 Å². The van der Waals surface area contributed by atoms with E-state index >= 15 is 0 Å². The number of ether oxygens (including phenoxy) is 1. The highest BCUT2D eigenvalue weighted by atomic mass is 16.5. The maximum atomic E-state index is 11.8. The van der Waals surface area contributed by atoms with Crippen LogP contribution in [0.25, 0.3) is 11.0 Å². The van der Waals surface area contributed by atoms with E-state index in [1.54, 1.807) is 25.1 Å². The van der Waals surface area contributed by atoms with Gasteiger partial charge in [0.05, 0.1) is 0 Å². The van der Waals surface area contributed by atoms with E-state index in [1.807, 2.05) is 6.07 Å². The van der Waals surface area contributed by atoms with E-state index in [2.05, 4.69) is 18.7 Å². The van der Waals surface area contributed by atoms with Crippen LogP contribution in [0.4, 0.5) is 0 Å². The number of nitrogens with zero attached hydrogens (tertiary/aromatic N) is 1. The predicted octanol–water partition coefficient (Wildman–Crippen LogP) is 2.99. The summed E-state index contributed by atoms with van der Waals surface area (Å²) >= 11 is 0. The number of ketones is 1. The second-order valence-corrected chi connectivity index (χ2v) is 5.58. The van der Waals surface area contributed by atoms with Gasteiger partial charge in [0.1, 0.15) is 11.3 Å². The van der Waals surface area contributed by atoms with Crippen molar-refractivity contribution in [3.8, 4) is 5.75 Å². The maximum absolute atomic E-state index is 11.8. The fourth-order valence-corrected chi connectivity index (χ4v) is 2.39. The lowest BCUT2D eigenvalue weighted by Gasteiger charge is -2.19. The molecule has 0 fully saturated rings. The second-order valence-electron chi connectivity index (χ2n) is 5.58. The average Bonchev–Trinajstić information content (AvgIpc) is 2.51. The molecule has 2 rings (SSSR count). The zero-order valence-electron chi connectivity index (χ0n) is 14.1. The van der Waals surface area contributed by atoms with E-state index in [9.17, 15) is 9.59 Å². The topological polar surface area (TPSA) is 59.8 Å². The molecule has 0 aliphatic carbocycles. The summed E-state index contributed by atoms with van der Waals surface area (Å²) in [6, 6.07) is 6.88. The Bertz CT molecular complexity index is 746. The van der Waals surface area contributed by atoms with Crippen molar-refractivity contribution in [1.29, 1.82) is 0 Å². The zero-order chi connectivity index (χ0) is 17.0. The number of carbonyl (C=O) groups excluding carboxylic acids is 1. The number of hydrogen-bond donors (Lipinski definition) is 0. The normalized spacial score (nSPS) is 12.6.